The Morgan fingerprint density at radius 1 is 1.00 bits per heavy atom. The lowest BCUT2D eigenvalue weighted by atomic mass is 9.97. The van der Waals surface area contributed by atoms with E-state index in [0.717, 1.165) is 45.6 Å². The molecule has 29 heavy (non-hydrogen) atoms. The highest BCUT2D eigenvalue weighted by atomic mass is 32.1. The van der Waals surface area contributed by atoms with Gasteiger partial charge >= 0.3 is 0 Å². The maximum atomic E-state index is 13.0. The van der Waals surface area contributed by atoms with Crippen LogP contribution in [-0.4, -0.2) is 104 Å². The summed E-state index contributed by atoms with van der Waals surface area (Å²) in [5, 5.41) is 2.15. The maximum Gasteiger partial charge on any atom is 0.237 e. The number of piperazine rings is 1. The Bertz CT molecular complexity index is 711. The minimum absolute atomic E-state index is 0.198. The molecular formula is C21H32N4O3S. The number of rotatable bonds is 5. The first-order chi connectivity index (χ1) is 14.2. The highest BCUT2D eigenvalue weighted by Gasteiger charge is 2.31. The number of carbonyl (C=O) groups excluding carboxylic acids is 2. The van der Waals surface area contributed by atoms with E-state index in [9.17, 15) is 9.59 Å². The largest absolute Gasteiger partial charge is 0.378 e. The Morgan fingerprint density at radius 3 is 2.31 bits per heavy atom. The van der Waals surface area contributed by atoms with Crippen LogP contribution in [0.1, 0.15) is 29.8 Å². The Balaban J connectivity index is 1.24. The molecule has 1 atom stereocenters. The van der Waals surface area contributed by atoms with Crippen molar-refractivity contribution in [3.8, 4) is 0 Å². The summed E-state index contributed by atoms with van der Waals surface area (Å²) in [5.74, 6) is 0.440. The number of morpholine rings is 1. The van der Waals surface area contributed by atoms with Crippen LogP contribution in [0.15, 0.2) is 11.4 Å². The molecule has 0 bridgehead atoms. The summed E-state index contributed by atoms with van der Waals surface area (Å²) in [5.41, 5.74) is 1.35. The molecule has 0 aliphatic carbocycles. The van der Waals surface area contributed by atoms with Gasteiger partial charge < -0.3 is 14.5 Å². The quantitative estimate of drug-likeness (QED) is 0.713. The standard InChI is InChI=1S/C21H32N4O3S/c1-2-18-17-4-14-29-19(17)3-5-25(18)21(27)16-23-8-6-22(7-9-23)15-20(26)24-10-12-28-13-11-24/h4,14,18H,2-3,5-13,15-16H2,1H3/t18-/m1/s1. The van der Waals surface area contributed by atoms with Crippen LogP contribution in [0.4, 0.5) is 0 Å². The van der Waals surface area contributed by atoms with Gasteiger partial charge in [-0.25, -0.2) is 0 Å². The van der Waals surface area contributed by atoms with E-state index in [2.05, 4.69) is 33.1 Å². The number of thiophene rings is 1. The number of amides is 2. The van der Waals surface area contributed by atoms with E-state index in [4.69, 9.17) is 4.74 Å². The second-order valence-electron chi connectivity index (χ2n) is 8.11. The van der Waals surface area contributed by atoms with Crippen LogP contribution in [0, 0.1) is 0 Å². The third-order valence-electron chi connectivity index (χ3n) is 6.35. The summed E-state index contributed by atoms with van der Waals surface area (Å²) in [6.07, 6.45) is 1.94. The average molecular weight is 421 g/mol. The lowest BCUT2D eigenvalue weighted by Crippen LogP contribution is -2.53. The number of ether oxygens (including phenoxy) is 1. The van der Waals surface area contributed by atoms with Crippen LogP contribution in [-0.2, 0) is 20.7 Å². The normalized spacial score (nSPS) is 23.8. The van der Waals surface area contributed by atoms with Crippen molar-refractivity contribution in [2.75, 3.05) is 72.1 Å². The van der Waals surface area contributed by atoms with Crippen molar-refractivity contribution in [3.05, 3.63) is 21.9 Å². The number of hydrogen-bond donors (Lipinski definition) is 0. The van der Waals surface area contributed by atoms with Crippen LogP contribution >= 0.6 is 11.3 Å². The minimum atomic E-state index is 0.198. The lowest BCUT2D eigenvalue weighted by Gasteiger charge is -2.39. The van der Waals surface area contributed by atoms with Crippen molar-refractivity contribution in [2.24, 2.45) is 0 Å². The van der Waals surface area contributed by atoms with Gasteiger partial charge in [-0.05, 0) is 29.9 Å². The summed E-state index contributed by atoms with van der Waals surface area (Å²) in [4.78, 5) is 35.4. The van der Waals surface area contributed by atoms with Crippen molar-refractivity contribution in [1.82, 2.24) is 19.6 Å². The fourth-order valence-corrected chi connectivity index (χ4v) is 5.56. The van der Waals surface area contributed by atoms with Gasteiger partial charge in [0.15, 0.2) is 0 Å². The number of fused-ring (bicyclic) bond motifs is 1. The summed E-state index contributed by atoms with van der Waals surface area (Å²) in [6.45, 7) is 10.0. The van der Waals surface area contributed by atoms with Crippen LogP contribution in [0.2, 0.25) is 0 Å². The zero-order valence-corrected chi connectivity index (χ0v) is 18.2. The van der Waals surface area contributed by atoms with E-state index in [1.165, 1.54) is 10.4 Å². The first kappa shape index (κ1) is 20.8. The first-order valence-corrected chi connectivity index (χ1v) is 11.7. The smallest absolute Gasteiger partial charge is 0.237 e. The van der Waals surface area contributed by atoms with Crippen LogP contribution in [0.5, 0.6) is 0 Å². The van der Waals surface area contributed by atoms with Gasteiger partial charge in [-0.3, -0.25) is 19.4 Å². The fraction of sp³-hybridized carbons (Fsp3) is 0.714. The summed E-state index contributed by atoms with van der Waals surface area (Å²) in [7, 11) is 0. The van der Waals surface area contributed by atoms with Gasteiger partial charge in [0.25, 0.3) is 0 Å². The molecule has 0 radical (unpaired) electrons. The van der Waals surface area contributed by atoms with Crippen LogP contribution in [0.25, 0.3) is 0 Å². The fourth-order valence-electron chi connectivity index (χ4n) is 4.63. The molecule has 1 aromatic rings. The van der Waals surface area contributed by atoms with Crippen LogP contribution in [0.3, 0.4) is 0 Å². The van der Waals surface area contributed by atoms with Crippen LogP contribution < -0.4 is 0 Å². The zero-order valence-electron chi connectivity index (χ0n) is 17.3. The summed E-state index contributed by atoms with van der Waals surface area (Å²) >= 11 is 1.82. The Kier molecular flexibility index (Phi) is 6.85. The minimum Gasteiger partial charge on any atom is -0.378 e. The van der Waals surface area contributed by atoms with Gasteiger partial charge in [-0.2, -0.15) is 0 Å². The third-order valence-corrected chi connectivity index (χ3v) is 7.34. The van der Waals surface area contributed by atoms with Gasteiger partial charge in [-0.15, -0.1) is 11.3 Å². The Morgan fingerprint density at radius 2 is 1.66 bits per heavy atom. The molecule has 1 aromatic heterocycles. The lowest BCUT2D eigenvalue weighted by molar-refractivity contribution is -0.138. The Labute approximate surface area is 177 Å². The molecule has 2 fully saturated rings. The van der Waals surface area contributed by atoms with E-state index in [0.29, 0.717) is 39.4 Å². The predicted molar refractivity (Wildman–Crippen MR) is 113 cm³/mol. The second-order valence-corrected chi connectivity index (χ2v) is 9.11. The highest BCUT2D eigenvalue weighted by Crippen LogP contribution is 2.35. The monoisotopic (exact) mass is 420 g/mol. The number of hydrogen-bond acceptors (Lipinski definition) is 6. The summed E-state index contributed by atoms with van der Waals surface area (Å²) < 4.78 is 5.32. The van der Waals surface area contributed by atoms with Crippen molar-refractivity contribution >= 4 is 23.2 Å². The molecule has 2 amide bonds. The summed E-state index contributed by atoms with van der Waals surface area (Å²) in [6, 6.07) is 2.42. The zero-order chi connectivity index (χ0) is 20.2. The molecule has 0 N–H and O–H groups in total. The molecule has 4 heterocycles. The molecule has 2 saturated heterocycles. The number of nitrogens with zero attached hydrogens (tertiary/aromatic N) is 4. The van der Waals surface area contributed by atoms with Gasteiger partial charge in [0, 0.05) is 50.7 Å². The van der Waals surface area contributed by atoms with Crippen molar-refractivity contribution in [1.29, 1.82) is 0 Å². The molecule has 8 heteroatoms. The van der Waals surface area contributed by atoms with Gasteiger partial charge in [0.05, 0.1) is 32.3 Å². The average Bonchev–Trinajstić information content (AvgIpc) is 3.24. The van der Waals surface area contributed by atoms with Gasteiger partial charge in [0.1, 0.15) is 0 Å². The third kappa shape index (κ3) is 4.82. The van der Waals surface area contributed by atoms with E-state index in [1.54, 1.807) is 0 Å². The molecule has 0 unspecified atom stereocenters. The van der Waals surface area contributed by atoms with E-state index < -0.39 is 0 Å². The SMILES string of the molecule is CC[C@@H]1c2ccsc2CCN1C(=O)CN1CCN(CC(=O)N2CCOCC2)CC1. The van der Waals surface area contributed by atoms with Crippen molar-refractivity contribution in [2.45, 2.75) is 25.8 Å². The molecular weight excluding hydrogens is 388 g/mol. The molecule has 160 valence electrons. The molecule has 0 saturated carbocycles. The maximum absolute atomic E-state index is 13.0. The molecule has 4 rings (SSSR count). The molecule has 0 aromatic carbocycles. The van der Waals surface area contributed by atoms with Crippen molar-refractivity contribution < 1.29 is 14.3 Å². The Hall–Kier alpha value is -1.48. The molecule has 3 aliphatic heterocycles. The molecule has 3 aliphatic rings. The van der Waals surface area contributed by atoms with E-state index in [1.807, 2.05) is 16.2 Å². The highest BCUT2D eigenvalue weighted by molar-refractivity contribution is 7.10. The topological polar surface area (TPSA) is 56.3 Å². The predicted octanol–water partition coefficient (Wildman–Crippen LogP) is 1.06. The number of carbonyl (C=O) groups is 2. The molecule has 7 nitrogen and oxygen atoms in total. The van der Waals surface area contributed by atoms with Gasteiger partial charge in [0.2, 0.25) is 11.8 Å². The second kappa shape index (κ2) is 9.55. The van der Waals surface area contributed by atoms with E-state index in [-0.39, 0.29) is 17.9 Å². The van der Waals surface area contributed by atoms with E-state index >= 15 is 0 Å². The first-order valence-electron chi connectivity index (χ1n) is 10.8. The van der Waals surface area contributed by atoms with Crippen molar-refractivity contribution in [3.63, 3.8) is 0 Å². The molecule has 0 spiro atoms. The van der Waals surface area contributed by atoms with Gasteiger partial charge in [-0.1, -0.05) is 6.92 Å².